The van der Waals surface area contributed by atoms with Crippen LogP contribution in [0, 0.1) is 0 Å². The van der Waals surface area contributed by atoms with E-state index in [1.165, 1.54) is 18.7 Å². The number of imidazole rings is 1. The van der Waals surface area contributed by atoms with Gasteiger partial charge in [-0.15, -0.1) is 0 Å². The molecule has 10 heteroatoms. The van der Waals surface area contributed by atoms with Crippen molar-refractivity contribution >= 4 is 40.4 Å². The summed E-state index contributed by atoms with van der Waals surface area (Å²) in [5, 5.41) is 0.627. The number of aromatic nitrogens is 4. The lowest BCUT2D eigenvalue weighted by atomic mass is 10.2. The summed E-state index contributed by atoms with van der Waals surface area (Å²) in [5.74, 6) is -0.0915. The van der Waals surface area contributed by atoms with Gasteiger partial charge in [-0.25, -0.2) is 9.36 Å². The molecule has 28 heavy (non-hydrogen) atoms. The molecular weight excluding hydrogens is 386 g/mol. The van der Waals surface area contributed by atoms with Crippen LogP contribution in [-0.4, -0.2) is 38.3 Å². The van der Waals surface area contributed by atoms with Gasteiger partial charge in [0, 0.05) is 30.8 Å². The normalized spacial score (nSPS) is 13.6. The van der Waals surface area contributed by atoms with Gasteiger partial charge < -0.3 is 14.2 Å². The molecule has 0 N–H and O–H groups in total. The highest BCUT2D eigenvalue weighted by Gasteiger charge is 2.27. The van der Waals surface area contributed by atoms with E-state index in [0.29, 0.717) is 23.0 Å². The number of aryl methyl sites for hydroxylation is 2. The van der Waals surface area contributed by atoms with E-state index in [2.05, 4.69) is 9.72 Å². The lowest BCUT2D eigenvalue weighted by molar-refractivity contribution is -0.141. The van der Waals surface area contributed by atoms with Crippen LogP contribution >= 0.6 is 11.6 Å². The zero-order chi connectivity index (χ0) is 20.0. The second-order valence-corrected chi connectivity index (χ2v) is 6.96. The van der Waals surface area contributed by atoms with Gasteiger partial charge in [-0.2, -0.15) is 4.98 Å². The fourth-order valence-corrected chi connectivity index (χ4v) is 3.59. The average molecular weight is 404 g/mol. The predicted molar refractivity (Wildman–Crippen MR) is 104 cm³/mol. The SMILES string of the molecule is COC(=O)Cn1c(=O)c2c(nc3n2CCCN3c2ccc(Cl)cc2)n(C)c1=O. The molecule has 4 rings (SSSR count). The Kier molecular flexibility index (Phi) is 4.46. The van der Waals surface area contributed by atoms with Crippen LogP contribution in [0.25, 0.3) is 11.2 Å². The van der Waals surface area contributed by atoms with Gasteiger partial charge in [0.05, 0.1) is 7.11 Å². The van der Waals surface area contributed by atoms with Gasteiger partial charge in [0.2, 0.25) is 5.95 Å². The molecule has 3 heterocycles. The lowest BCUT2D eigenvalue weighted by Crippen LogP contribution is -2.41. The second kappa shape index (κ2) is 6.83. The van der Waals surface area contributed by atoms with E-state index < -0.39 is 23.8 Å². The number of carbonyl (C=O) groups excluding carboxylic acids is 1. The van der Waals surface area contributed by atoms with Crippen LogP contribution in [0.5, 0.6) is 0 Å². The first kappa shape index (κ1) is 18.3. The van der Waals surface area contributed by atoms with E-state index in [9.17, 15) is 14.4 Å². The van der Waals surface area contributed by atoms with E-state index in [1.54, 1.807) is 16.7 Å². The van der Waals surface area contributed by atoms with E-state index in [1.807, 2.05) is 17.0 Å². The van der Waals surface area contributed by atoms with Crippen molar-refractivity contribution in [3.05, 3.63) is 50.1 Å². The number of nitrogens with zero attached hydrogens (tertiary/aromatic N) is 5. The molecule has 3 aromatic rings. The quantitative estimate of drug-likeness (QED) is 0.611. The third-order valence-electron chi connectivity index (χ3n) is 4.87. The van der Waals surface area contributed by atoms with Crippen LogP contribution in [0.4, 0.5) is 11.6 Å². The molecule has 146 valence electrons. The van der Waals surface area contributed by atoms with E-state index in [4.69, 9.17) is 11.6 Å². The topological polar surface area (TPSA) is 91.4 Å². The molecule has 0 atom stereocenters. The number of hydrogen-bond donors (Lipinski definition) is 0. The van der Waals surface area contributed by atoms with Crippen molar-refractivity contribution in [3.63, 3.8) is 0 Å². The Morgan fingerprint density at radius 1 is 1.21 bits per heavy atom. The van der Waals surface area contributed by atoms with Gasteiger partial charge >= 0.3 is 11.7 Å². The van der Waals surface area contributed by atoms with Gasteiger partial charge in [-0.05, 0) is 30.7 Å². The minimum atomic E-state index is -0.667. The molecule has 0 saturated carbocycles. The Labute approximate surface area is 164 Å². The highest BCUT2D eigenvalue weighted by Crippen LogP contribution is 2.31. The largest absolute Gasteiger partial charge is 0.468 e. The zero-order valence-electron chi connectivity index (χ0n) is 15.4. The molecule has 0 radical (unpaired) electrons. The molecule has 1 aromatic carbocycles. The van der Waals surface area contributed by atoms with Crippen molar-refractivity contribution in [2.75, 3.05) is 18.6 Å². The van der Waals surface area contributed by atoms with E-state index in [0.717, 1.165) is 23.2 Å². The minimum Gasteiger partial charge on any atom is -0.468 e. The van der Waals surface area contributed by atoms with Gasteiger partial charge in [-0.1, -0.05) is 11.6 Å². The maximum absolute atomic E-state index is 13.0. The first-order valence-electron chi connectivity index (χ1n) is 8.72. The third kappa shape index (κ3) is 2.78. The van der Waals surface area contributed by atoms with Crippen molar-refractivity contribution in [1.29, 1.82) is 0 Å². The Morgan fingerprint density at radius 2 is 1.93 bits per heavy atom. The summed E-state index contributed by atoms with van der Waals surface area (Å²) in [5.41, 5.74) is 0.295. The third-order valence-corrected chi connectivity index (χ3v) is 5.12. The summed E-state index contributed by atoms with van der Waals surface area (Å²) in [7, 11) is 2.74. The number of esters is 1. The molecule has 0 bridgehead atoms. The van der Waals surface area contributed by atoms with Gasteiger partial charge in [0.1, 0.15) is 6.54 Å². The molecule has 1 aliphatic heterocycles. The lowest BCUT2D eigenvalue weighted by Gasteiger charge is -2.29. The first-order valence-corrected chi connectivity index (χ1v) is 9.10. The summed E-state index contributed by atoms with van der Waals surface area (Å²) < 4.78 is 8.56. The van der Waals surface area contributed by atoms with Crippen molar-refractivity contribution in [2.24, 2.45) is 7.05 Å². The molecule has 0 fully saturated rings. The first-order chi connectivity index (χ1) is 13.4. The van der Waals surface area contributed by atoms with Crippen LogP contribution in [0.1, 0.15) is 6.42 Å². The highest BCUT2D eigenvalue weighted by atomic mass is 35.5. The molecule has 0 amide bonds. The van der Waals surface area contributed by atoms with Crippen LogP contribution in [0.15, 0.2) is 33.9 Å². The number of methoxy groups -OCH3 is 1. The van der Waals surface area contributed by atoms with Gasteiger partial charge in [0.15, 0.2) is 11.2 Å². The van der Waals surface area contributed by atoms with Crippen molar-refractivity contribution in [1.82, 2.24) is 18.7 Å². The Balaban J connectivity index is 1.95. The standard InChI is InChI=1S/C18H18ClN5O4/c1-21-15-14(16(26)24(18(21)27)10-13(25)28-2)23-9-3-8-22(17(23)20-15)12-6-4-11(19)5-7-12/h4-7H,3,8-10H2,1-2H3. The van der Waals surface area contributed by atoms with E-state index in [-0.39, 0.29) is 5.65 Å². The van der Waals surface area contributed by atoms with Crippen LogP contribution in [-0.2, 0) is 29.7 Å². The monoisotopic (exact) mass is 403 g/mol. The summed E-state index contributed by atoms with van der Waals surface area (Å²) in [6.45, 7) is 0.857. The van der Waals surface area contributed by atoms with Crippen LogP contribution in [0.2, 0.25) is 5.02 Å². The number of fused-ring (bicyclic) bond motifs is 3. The maximum atomic E-state index is 13.0. The van der Waals surface area contributed by atoms with Crippen molar-refractivity contribution < 1.29 is 9.53 Å². The average Bonchev–Trinajstić information content (AvgIpc) is 3.10. The molecule has 0 saturated heterocycles. The summed E-state index contributed by atoms with van der Waals surface area (Å²) in [6.07, 6.45) is 0.792. The number of hydrogen-bond acceptors (Lipinski definition) is 6. The molecule has 1 aliphatic rings. The Hall–Kier alpha value is -3.07. The van der Waals surface area contributed by atoms with E-state index >= 15 is 0 Å². The number of carbonyl (C=O) groups is 1. The Bertz CT molecular complexity index is 1190. The molecule has 0 aliphatic carbocycles. The predicted octanol–water partition coefficient (Wildman–Crippen LogP) is 1.26. The summed E-state index contributed by atoms with van der Waals surface area (Å²) in [4.78, 5) is 43.8. The van der Waals surface area contributed by atoms with Gasteiger partial charge in [-0.3, -0.25) is 14.2 Å². The maximum Gasteiger partial charge on any atom is 0.333 e. The molecule has 0 unspecified atom stereocenters. The number of anilines is 2. The summed E-state index contributed by atoms with van der Waals surface area (Å²) in [6, 6.07) is 7.34. The van der Waals surface area contributed by atoms with Crippen molar-refractivity contribution in [3.8, 4) is 0 Å². The van der Waals surface area contributed by atoms with Crippen LogP contribution in [0.3, 0.4) is 0 Å². The zero-order valence-corrected chi connectivity index (χ0v) is 16.1. The number of halogens is 1. The number of rotatable bonds is 3. The Morgan fingerprint density at radius 3 is 2.61 bits per heavy atom. The molecule has 2 aromatic heterocycles. The minimum absolute atomic E-state index is 0.284. The fourth-order valence-electron chi connectivity index (χ4n) is 3.46. The summed E-state index contributed by atoms with van der Waals surface area (Å²) >= 11 is 5.99. The van der Waals surface area contributed by atoms with Crippen molar-refractivity contribution in [2.45, 2.75) is 19.5 Å². The van der Waals surface area contributed by atoms with Crippen LogP contribution < -0.4 is 16.1 Å². The number of benzene rings is 1. The molecular formula is C18H18ClN5O4. The smallest absolute Gasteiger partial charge is 0.333 e. The number of ether oxygens (including phenoxy) is 1. The highest BCUT2D eigenvalue weighted by molar-refractivity contribution is 6.30. The molecule has 9 nitrogen and oxygen atoms in total. The fraction of sp³-hybridized carbons (Fsp3) is 0.333. The molecule has 0 spiro atoms. The second-order valence-electron chi connectivity index (χ2n) is 6.53. The van der Waals surface area contributed by atoms with Gasteiger partial charge in [0.25, 0.3) is 5.56 Å².